The van der Waals surface area contributed by atoms with Crippen LogP contribution in [0.3, 0.4) is 0 Å². The van der Waals surface area contributed by atoms with Crippen LogP contribution in [0.4, 0.5) is 0 Å². The lowest BCUT2D eigenvalue weighted by Crippen LogP contribution is -2.15. The van der Waals surface area contributed by atoms with Gasteiger partial charge in [0, 0.05) is 17.2 Å². The fraction of sp³-hybridized carbons (Fsp3) is 0.318. The van der Waals surface area contributed by atoms with E-state index in [2.05, 4.69) is 60.0 Å². The van der Waals surface area contributed by atoms with Crippen LogP contribution in [0, 0.1) is 6.92 Å². The van der Waals surface area contributed by atoms with Crippen LogP contribution in [0.5, 0.6) is 0 Å². The van der Waals surface area contributed by atoms with Crippen LogP contribution >= 0.6 is 11.6 Å². The van der Waals surface area contributed by atoms with Crippen molar-refractivity contribution >= 4 is 11.6 Å². The lowest BCUT2D eigenvalue weighted by atomic mass is 9.94. The summed E-state index contributed by atoms with van der Waals surface area (Å²) in [6, 6.07) is 19.5. The maximum absolute atomic E-state index is 6.65. The summed E-state index contributed by atoms with van der Waals surface area (Å²) >= 11 is 6.65. The van der Waals surface area contributed by atoms with Gasteiger partial charge in [0.15, 0.2) is 5.15 Å². The van der Waals surface area contributed by atoms with Gasteiger partial charge >= 0.3 is 0 Å². The molecule has 128 valence electrons. The molecule has 0 saturated heterocycles. The van der Waals surface area contributed by atoms with Gasteiger partial charge in [0.1, 0.15) is 5.82 Å². The summed E-state index contributed by atoms with van der Waals surface area (Å²) in [4.78, 5) is 4.79. The van der Waals surface area contributed by atoms with E-state index in [9.17, 15) is 0 Å². The second-order valence-corrected chi connectivity index (χ2v) is 7.33. The van der Waals surface area contributed by atoms with Gasteiger partial charge in [0.25, 0.3) is 0 Å². The quantitative estimate of drug-likeness (QED) is 0.514. The topological polar surface area (TPSA) is 17.8 Å². The molecule has 2 aromatic carbocycles. The normalized spacial score (nSPS) is 15.4. The molecule has 0 aliphatic heterocycles. The molecule has 0 unspecified atom stereocenters. The number of benzene rings is 2. The van der Waals surface area contributed by atoms with Gasteiger partial charge in [-0.25, -0.2) is 4.98 Å². The van der Waals surface area contributed by atoms with Gasteiger partial charge in [-0.3, -0.25) is 0 Å². The van der Waals surface area contributed by atoms with E-state index in [0.29, 0.717) is 11.2 Å². The van der Waals surface area contributed by atoms with Gasteiger partial charge in [0.2, 0.25) is 0 Å². The molecule has 1 heterocycles. The van der Waals surface area contributed by atoms with Crippen LogP contribution in [0.1, 0.15) is 43.7 Å². The van der Waals surface area contributed by atoms with Gasteiger partial charge in [-0.2, -0.15) is 0 Å². The molecular formula is C22H23ClN2. The Bertz CT molecular complexity index is 844. The van der Waals surface area contributed by atoms with Crippen molar-refractivity contribution in [2.45, 2.75) is 45.1 Å². The highest BCUT2D eigenvalue weighted by Gasteiger charge is 2.25. The lowest BCUT2D eigenvalue weighted by molar-refractivity contribution is 0.358. The molecule has 3 heteroatoms. The summed E-state index contributed by atoms with van der Waals surface area (Å²) in [5, 5.41) is 0.604. The van der Waals surface area contributed by atoms with Crippen molar-refractivity contribution in [2.24, 2.45) is 0 Å². The highest BCUT2D eigenvalue weighted by atomic mass is 35.5. The largest absolute Gasteiger partial charge is 0.320 e. The van der Waals surface area contributed by atoms with Gasteiger partial charge in [-0.1, -0.05) is 91.0 Å². The maximum atomic E-state index is 6.65. The van der Waals surface area contributed by atoms with Crippen LogP contribution in [-0.2, 0) is 0 Å². The Morgan fingerprint density at radius 1 is 0.880 bits per heavy atom. The number of hydrogen-bond donors (Lipinski definition) is 0. The van der Waals surface area contributed by atoms with Crippen LogP contribution in [0.15, 0.2) is 54.6 Å². The van der Waals surface area contributed by atoms with Crippen LogP contribution in [0.2, 0.25) is 5.15 Å². The maximum Gasteiger partial charge on any atom is 0.155 e. The summed E-state index contributed by atoms with van der Waals surface area (Å²) in [5.74, 6) is 0.996. The van der Waals surface area contributed by atoms with Crippen molar-refractivity contribution < 1.29 is 0 Å². The third-order valence-electron chi connectivity index (χ3n) is 5.17. The molecule has 0 radical (unpaired) electrons. The molecule has 0 amide bonds. The van der Waals surface area contributed by atoms with E-state index in [1.807, 2.05) is 6.07 Å². The third kappa shape index (κ3) is 3.23. The number of aromatic nitrogens is 2. The number of hydrogen-bond acceptors (Lipinski definition) is 1. The number of nitrogens with zero attached hydrogens (tertiary/aromatic N) is 2. The van der Waals surface area contributed by atoms with Crippen LogP contribution in [0.25, 0.3) is 22.6 Å². The summed E-state index contributed by atoms with van der Waals surface area (Å²) in [5.41, 5.74) is 4.60. The average molecular weight is 351 g/mol. The molecule has 0 atom stereocenters. The molecule has 25 heavy (non-hydrogen) atoms. The van der Waals surface area contributed by atoms with E-state index in [4.69, 9.17) is 16.6 Å². The van der Waals surface area contributed by atoms with Crippen molar-refractivity contribution in [3.63, 3.8) is 0 Å². The van der Waals surface area contributed by atoms with Gasteiger partial charge in [-0.05, 0) is 19.8 Å². The zero-order chi connectivity index (χ0) is 17.2. The first-order valence-corrected chi connectivity index (χ1v) is 9.52. The monoisotopic (exact) mass is 350 g/mol. The summed E-state index contributed by atoms with van der Waals surface area (Å²) < 4.78 is 2.40. The Balaban J connectivity index is 1.90. The fourth-order valence-electron chi connectivity index (χ4n) is 3.86. The zero-order valence-corrected chi connectivity index (χ0v) is 15.3. The highest BCUT2D eigenvalue weighted by molar-refractivity contribution is 6.32. The molecule has 1 saturated carbocycles. The van der Waals surface area contributed by atoms with Gasteiger partial charge in [0.05, 0.1) is 5.69 Å². The summed E-state index contributed by atoms with van der Waals surface area (Å²) in [6.07, 6.45) is 6.29. The average Bonchev–Trinajstić information content (AvgIpc) is 3.01. The van der Waals surface area contributed by atoms with Crippen molar-refractivity contribution in [3.05, 3.63) is 65.3 Å². The van der Waals surface area contributed by atoms with Crippen molar-refractivity contribution in [3.8, 4) is 22.6 Å². The van der Waals surface area contributed by atoms with Gasteiger partial charge in [-0.15, -0.1) is 0 Å². The van der Waals surface area contributed by atoms with Gasteiger partial charge < -0.3 is 4.57 Å². The number of imidazole rings is 1. The predicted octanol–water partition coefficient (Wildman–Crippen LogP) is 6.68. The molecule has 1 fully saturated rings. The van der Waals surface area contributed by atoms with Crippen LogP contribution in [-0.4, -0.2) is 9.55 Å². The Hall–Kier alpha value is -2.06. The third-order valence-corrected chi connectivity index (χ3v) is 5.43. The molecule has 3 aromatic rings. The van der Waals surface area contributed by atoms with E-state index in [0.717, 1.165) is 22.6 Å². The first kappa shape index (κ1) is 16.4. The Morgan fingerprint density at radius 2 is 1.56 bits per heavy atom. The minimum atomic E-state index is 0.472. The summed E-state index contributed by atoms with van der Waals surface area (Å²) in [7, 11) is 0. The van der Waals surface area contributed by atoms with E-state index in [1.165, 1.54) is 37.7 Å². The molecule has 1 aromatic heterocycles. The Morgan fingerprint density at radius 3 is 2.24 bits per heavy atom. The molecule has 2 nitrogen and oxygen atoms in total. The fourth-order valence-corrected chi connectivity index (χ4v) is 4.14. The number of aryl methyl sites for hydroxylation is 1. The Labute approximate surface area is 154 Å². The lowest BCUT2D eigenvalue weighted by Gasteiger charge is -2.27. The minimum absolute atomic E-state index is 0.472. The minimum Gasteiger partial charge on any atom is -0.320 e. The molecule has 1 aliphatic carbocycles. The SMILES string of the molecule is Cc1ccc(-c2nc(Cl)c(-c3ccccc3)n2C2CCCCC2)cc1. The predicted molar refractivity (Wildman–Crippen MR) is 105 cm³/mol. The molecular weight excluding hydrogens is 328 g/mol. The number of halogens is 1. The molecule has 0 spiro atoms. The molecule has 4 rings (SSSR count). The Kier molecular flexibility index (Phi) is 4.63. The number of rotatable bonds is 3. The second kappa shape index (κ2) is 7.05. The van der Waals surface area contributed by atoms with E-state index >= 15 is 0 Å². The molecule has 1 aliphatic rings. The molecule has 0 bridgehead atoms. The molecule has 0 N–H and O–H groups in total. The summed E-state index contributed by atoms with van der Waals surface area (Å²) in [6.45, 7) is 2.11. The van der Waals surface area contributed by atoms with Crippen molar-refractivity contribution in [1.29, 1.82) is 0 Å². The van der Waals surface area contributed by atoms with Crippen molar-refractivity contribution in [1.82, 2.24) is 9.55 Å². The second-order valence-electron chi connectivity index (χ2n) is 6.97. The highest BCUT2D eigenvalue weighted by Crippen LogP contribution is 2.40. The van der Waals surface area contributed by atoms with E-state index < -0.39 is 0 Å². The van der Waals surface area contributed by atoms with E-state index in [1.54, 1.807) is 0 Å². The first-order chi connectivity index (χ1) is 12.2. The first-order valence-electron chi connectivity index (χ1n) is 9.14. The van der Waals surface area contributed by atoms with Crippen molar-refractivity contribution in [2.75, 3.05) is 0 Å². The van der Waals surface area contributed by atoms with E-state index in [-0.39, 0.29) is 0 Å². The standard InChI is InChI=1S/C22H23ClN2/c1-16-12-14-18(15-13-16)22-24-21(23)20(17-8-4-2-5-9-17)25(22)19-10-6-3-7-11-19/h2,4-5,8-9,12-15,19H,3,6-7,10-11H2,1H3. The zero-order valence-electron chi connectivity index (χ0n) is 14.6. The van der Waals surface area contributed by atoms with Crippen LogP contribution < -0.4 is 0 Å². The smallest absolute Gasteiger partial charge is 0.155 e.